The third kappa shape index (κ3) is 2.18. The lowest BCUT2D eigenvalue weighted by molar-refractivity contribution is 0.100. The number of nitrogens with one attached hydrogen (secondary N) is 1. The van der Waals surface area contributed by atoms with E-state index in [2.05, 4.69) is 11.1 Å². The van der Waals surface area contributed by atoms with Gasteiger partial charge in [-0.1, -0.05) is 6.08 Å². The van der Waals surface area contributed by atoms with Crippen molar-refractivity contribution in [2.45, 2.75) is 44.6 Å². The number of aromatic amines is 1. The number of benzene rings is 1. The van der Waals surface area contributed by atoms with Crippen molar-refractivity contribution in [3.05, 3.63) is 40.3 Å². The molecule has 0 bridgehead atoms. The lowest BCUT2D eigenvalue weighted by Gasteiger charge is -2.21. The number of amides is 1. The van der Waals surface area contributed by atoms with E-state index >= 15 is 0 Å². The van der Waals surface area contributed by atoms with Crippen LogP contribution in [0.2, 0.25) is 0 Å². The Morgan fingerprint density at radius 2 is 2.17 bits per heavy atom. The first kappa shape index (κ1) is 14.5. The average Bonchev–Trinajstić information content (AvgIpc) is 3.07. The number of hydrogen-bond acceptors (Lipinski definition) is 2. The first-order valence-electron chi connectivity index (χ1n) is 8.17. The fourth-order valence-electron chi connectivity index (χ4n) is 4.04. The van der Waals surface area contributed by atoms with Gasteiger partial charge in [0.05, 0.1) is 11.1 Å². The zero-order valence-corrected chi connectivity index (χ0v) is 12.9. The highest BCUT2D eigenvalue weighted by Crippen LogP contribution is 2.40. The van der Waals surface area contributed by atoms with Crippen molar-refractivity contribution < 1.29 is 9.18 Å². The molecule has 23 heavy (non-hydrogen) atoms. The fraction of sp³-hybridized carbons (Fsp3) is 0.389. The highest BCUT2D eigenvalue weighted by atomic mass is 19.1. The highest BCUT2D eigenvalue weighted by molar-refractivity contribution is 6.09. The van der Waals surface area contributed by atoms with Crippen LogP contribution in [0.15, 0.2) is 12.1 Å². The van der Waals surface area contributed by atoms with Gasteiger partial charge in [0, 0.05) is 22.7 Å². The van der Waals surface area contributed by atoms with Crippen LogP contribution < -0.4 is 11.5 Å². The largest absolute Gasteiger partial charge is 0.366 e. The summed E-state index contributed by atoms with van der Waals surface area (Å²) in [6.07, 6.45) is 7.44. The summed E-state index contributed by atoms with van der Waals surface area (Å²) in [6, 6.07) is 1.33. The summed E-state index contributed by atoms with van der Waals surface area (Å²) >= 11 is 0. The quantitative estimate of drug-likeness (QED) is 0.796. The fourth-order valence-corrected chi connectivity index (χ4v) is 4.04. The summed E-state index contributed by atoms with van der Waals surface area (Å²) in [7, 11) is 0. The Balaban J connectivity index is 2.04. The molecule has 0 radical (unpaired) electrons. The van der Waals surface area contributed by atoms with Gasteiger partial charge >= 0.3 is 0 Å². The second-order valence-electron chi connectivity index (χ2n) is 6.60. The van der Waals surface area contributed by atoms with Crippen molar-refractivity contribution in [2.75, 3.05) is 0 Å². The van der Waals surface area contributed by atoms with Gasteiger partial charge in [-0.3, -0.25) is 4.79 Å². The van der Waals surface area contributed by atoms with Crippen LogP contribution >= 0.6 is 0 Å². The molecule has 1 aromatic carbocycles. The van der Waals surface area contributed by atoms with Crippen LogP contribution in [0.4, 0.5) is 4.39 Å². The maximum absolute atomic E-state index is 14.9. The number of nitrogens with two attached hydrogens (primary N) is 2. The molecule has 2 aliphatic carbocycles. The van der Waals surface area contributed by atoms with Gasteiger partial charge in [-0.05, 0) is 55.7 Å². The molecule has 5 N–H and O–H groups in total. The van der Waals surface area contributed by atoms with E-state index in [1.807, 2.05) is 0 Å². The Morgan fingerprint density at radius 3 is 2.91 bits per heavy atom. The van der Waals surface area contributed by atoms with Crippen LogP contribution in [0.3, 0.4) is 0 Å². The maximum atomic E-state index is 14.9. The maximum Gasteiger partial charge on any atom is 0.250 e. The summed E-state index contributed by atoms with van der Waals surface area (Å²) in [5.41, 5.74) is 16.3. The lowest BCUT2D eigenvalue weighted by atomic mass is 9.87. The van der Waals surface area contributed by atoms with Crippen LogP contribution in [-0.4, -0.2) is 16.9 Å². The predicted octanol–water partition coefficient (Wildman–Crippen LogP) is 2.79. The van der Waals surface area contributed by atoms with Crippen LogP contribution in [0.25, 0.3) is 16.5 Å². The molecule has 0 spiro atoms. The number of H-pyrrole nitrogens is 1. The minimum absolute atomic E-state index is 0.0623. The van der Waals surface area contributed by atoms with Gasteiger partial charge in [0.2, 0.25) is 0 Å². The minimum atomic E-state index is -0.602. The number of carbonyl (C=O) groups excluding carboxylic acids is 1. The SMILES string of the molecule is NC(=O)c1cc(F)c(C2=CCC[C@H](N)C2)c2c3c([nH]c12)CCC3. The number of fused-ring (bicyclic) bond motifs is 3. The van der Waals surface area contributed by atoms with Crippen molar-refractivity contribution in [1.82, 2.24) is 4.98 Å². The third-order valence-corrected chi connectivity index (χ3v) is 5.07. The number of allylic oxidation sites excluding steroid dienone is 1. The second kappa shape index (κ2) is 5.20. The Hall–Kier alpha value is -2.14. The molecule has 0 saturated heterocycles. The lowest BCUT2D eigenvalue weighted by Crippen LogP contribution is -2.22. The number of rotatable bonds is 2. The van der Waals surface area contributed by atoms with E-state index < -0.39 is 5.91 Å². The standard InChI is InChI=1S/C18H20FN3O/c19-13-8-12(18(21)23)17-16(11-5-2-6-14(11)22-17)15(13)9-3-1-4-10(20)7-9/h3,8,10,22H,1-2,4-7,20H2,(H2,21,23)/t10-/m0/s1. The molecule has 5 heteroatoms. The summed E-state index contributed by atoms with van der Waals surface area (Å²) in [5.74, 6) is -0.977. The van der Waals surface area contributed by atoms with E-state index in [1.54, 1.807) is 0 Å². The van der Waals surface area contributed by atoms with Gasteiger partial charge in [0.25, 0.3) is 5.91 Å². The van der Waals surface area contributed by atoms with Gasteiger partial charge in [-0.2, -0.15) is 0 Å². The van der Waals surface area contributed by atoms with E-state index in [0.29, 0.717) is 17.5 Å². The van der Waals surface area contributed by atoms with Crippen molar-refractivity contribution in [1.29, 1.82) is 0 Å². The van der Waals surface area contributed by atoms with Crippen LogP contribution in [0, 0.1) is 5.82 Å². The Bertz CT molecular complexity index is 850. The predicted molar refractivity (Wildman–Crippen MR) is 88.6 cm³/mol. The highest BCUT2D eigenvalue weighted by Gasteiger charge is 2.27. The van der Waals surface area contributed by atoms with Gasteiger partial charge in [0.1, 0.15) is 5.82 Å². The van der Waals surface area contributed by atoms with Crippen molar-refractivity contribution in [3.8, 4) is 0 Å². The summed E-state index contributed by atoms with van der Waals surface area (Å²) in [5, 5.41) is 0.839. The van der Waals surface area contributed by atoms with Crippen LogP contribution in [0.1, 0.15) is 52.9 Å². The summed E-state index contributed by atoms with van der Waals surface area (Å²) in [6.45, 7) is 0. The first-order chi connectivity index (χ1) is 11.1. The van der Waals surface area contributed by atoms with Crippen LogP contribution in [-0.2, 0) is 12.8 Å². The van der Waals surface area contributed by atoms with E-state index in [-0.39, 0.29) is 17.4 Å². The zero-order chi connectivity index (χ0) is 16.1. The molecule has 1 aromatic heterocycles. The third-order valence-electron chi connectivity index (χ3n) is 5.07. The molecule has 0 fully saturated rings. The molecule has 2 aromatic rings. The molecule has 1 amide bonds. The number of hydrogen-bond donors (Lipinski definition) is 3. The molecule has 1 heterocycles. The van der Waals surface area contributed by atoms with Crippen molar-refractivity contribution >= 4 is 22.4 Å². The Morgan fingerprint density at radius 1 is 1.35 bits per heavy atom. The number of carbonyl (C=O) groups is 1. The average molecular weight is 313 g/mol. The summed E-state index contributed by atoms with van der Waals surface area (Å²) < 4.78 is 14.9. The molecule has 1 atom stereocenters. The van der Waals surface area contributed by atoms with Gasteiger partial charge in [-0.25, -0.2) is 4.39 Å². The smallest absolute Gasteiger partial charge is 0.250 e. The van der Waals surface area contributed by atoms with Crippen LogP contribution in [0.5, 0.6) is 0 Å². The number of aryl methyl sites for hydroxylation is 2. The molecule has 2 aliphatic rings. The van der Waals surface area contributed by atoms with E-state index in [1.165, 1.54) is 6.07 Å². The zero-order valence-electron chi connectivity index (χ0n) is 12.9. The van der Waals surface area contributed by atoms with Crippen molar-refractivity contribution in [2.24, 2.45) is 11.5 Å². The molecule has 0 saturated carbocycles. The molecule has 0 aliphatic heterocycles. The Labute approximate surface area is 133 Å². The second-order valence-corrected chi connectivity index (χ2v) is 6.60. The topological polar surface area (TPSA) is 84.9 Å². The molecular weight excluding hydrogens is 293 g/mol. The molecule has 4 nitrogen and oxygen atoms in total. The first-order valence-corrected chi connectivity index (χ1v) is 8.17. The Kier molecular flexibility index (Phi) is 3.27. The molecular formula is C18H20FN3O. The number of aromatic nitrogens is 1. The molecule has 0 unspecified atom stereocenters. The van der Waals surface area contributed by atoms with Gasteiger partial charge < -0.3 is 16.5 Å². The number of halogens is 1. The number of primary amides is 1. The molecule has 4 rings (SSSR count). The summed E-state index contributed by atoms with van der Waals surface area (Å²) in [4.78, 5) is 15.1. The molecule has 120 valence electrons. The van der Waals surface area contributed by atoms with Crippen molar-refractivity contribution in [3.63, 3.8) is 0 Å². The van der Waals surface area contributed by atoms with E-state index in [4.69, 9.17) is 11.5 Å². The normalized spacial score (nSPS) is 20.6. The van der Waals surface area contributed by atoms with E-state index in [9.17, 15) is 9.18 Å². The van der Waals surface area contributed by atoms with Gasteiger partial charge in [0.15, 0.2) is 0 Å². The monoisotopic (exact) mass is 313 g/mol. The van der Waals surface area contributed by atoms with E-state index in [0.717, 1.165) is 54.3 Å². The van der Waals surface area contributed by atoms with Gasteiger partial charge in [-0.15, -0.1) is 0 Å². The minimum Gasteiger partial charge on any atom is -0.366 e.